The second-order valence-corrected chi connectivity index (χ2v) is 5.29. The maximum atomic E-state index is 12.3. The van der Waals surface area contributed by atoms with Crippen molar-refractivity contribution < 1.29 is 28.9 Å². The Balaban J connectivity index is 1.91. The predicted octanol–water partition coefficient (Wildman–Crippen LogP) is 2.19. The quantitative estimate of drug-likeness (QED) is 0.861. The van der Waals surface area contributed by atoms with Crippen LogP contribution < -0.4 is 4.74 Å². The number of ketones is 2. The molecule has 1 aliphatic heterocycles. The standard InChI is InChI=1S/C17H16O6/c1-21-14-7-9(3-5-11(14)18)13-6-4-10-12(19)8-15(22-2)16(20)17(10)23-13/h3,5,7-8,13,18H,4,6H2,1-2H3/t13-/m0/s1. The molecule has 0 amide bonds. The van der Waals surface area contributed by atoms with Crippen molar-refractivity contribution in [3.8, 4) is 11.5 Å². The van der Waals surface area contributed by atoms with Crippen molar-refractivity contribution in [2.24, 2.45) is 0 Å². The highest BCUT2D eigenvalue weighted by Gasteiger charge is 2.36. The van der Waals surface area contributed by atoms with Gasteiger partial charge in [-0.2, -0.15) is 0 Å². The molecule has 0 spiro atoms. The van der Waals surface area contributed by atoms with Crippen molar-refractivity contribution in [1.82, 2.24) is 0 Å². The summed E-state index contributed by atoms with van der Waals surface area (Å²) in [6.45, 7) is 0. The third-order valence-corrected chi connectivity index (χ3v) is 3.98. The molecule has 1 aromatic rings. The zero-order valence-corrected chi connectivity index (χ0v) is 12.8. The van der Waals surface area contributed by atoms with E-state index in [1.165, 1.54) is 26.4 Å². The second kappa shape index (κ2) is 5.79. The summed E-state index contributed by atoms with van der Waals surface area (Å²) in [5.74, 6) is -0.277. The van der Waals surface area contributed by atoms with Crippen LogP contribution in [-0.2, 0) is 19.1 Å². The van der Waals surface area contributed by atoms with E-state index in [4.69, 9.17) is 14.2 Å². The number of aromatic hydroxyl groups is 1. The maximum Gasteiger partial charge on any atom is 0.262 e. The Morgan fingerprint density at radius 2 is 2.00 bits per heavy atom. The van der Waals surface area contributed by atoms with E-state index in [1.807, 2.05) is 0 Å². The van der Waals surface area contributed by atoms with Gasteiger partial charge in [-0.3, -0.25) is 9.59 Å². The Labute approximate surface area is 133 Å². The van der Waals surface area contributed by atoms with Crippen LogP contribution in [0.15, 0.2) is 41.4 Å². The fourth-order valence-electron chi connectivity index (χ4n) is 2.75. The van der Waals surface area contributed by atoms with Crippen LogP contribution in [-0.4, -0.2) is 30.9 Å². The van der Waals surface area contributed by atoms with Gasteiger partial charge < -0.3 is 19.3 Å². The molecule has 1 aliphatic carbocycles. The molecule has 1 aromatic carbocycles. The van der Waals surface area contributed by atoms with Crippen molar-refractivity contribution in [2.75, 3.05) is 14.2 Å². The van der Waals surface area contributed by atoms with Crippen LogP contribution in [0.4, 0.5) is 0 Å². The molecule has 0 radical (unpaired) electrons. The average molecular weight is 316 g/mol. The molecule has 0 bridgehead atoms. The molecule has 1 heterocycles. The molecule has 23 heavy (non-hydrogen) atoms. The zero-order valence-electron chi connectivity index (χ0n) is 12.8. The van der Waals surface area contributed by atoms with Gasteiger partial charge in [-0.25, -0.2) is 0 Å². The summed E-state index contributed by atoms with van der Waals surface area (Å²) >= 11 is 0. The van der Waals surface area contributed by atoms with E-state index in [0.29, 0.717) is 24.2 Å². The molecule has 1 N–H and O–H groups in total. The van der Waals surface area contributed by atoms with Crippen LogP contribution in [0.5, 0.6) is 11.5 Å². The van der Waals surface area contributed by atoms with E-state index in [-0.39, 0.29) is 23.1 Å². The van der Waals surface area contributed by atoms with Crippen LogP contribution in [0.1, 0.15) is 24.5 Å². The minimum absolute atomic E-state index is 0.0160. The van der Waals surface area contributed by atoms with Gasteiger partial charge >= 0.3 is 0 Å². The van der Waals surface area contributed by atoms with E-state index in [0.717, 1.165) is 5.56 Å². The van der Waals surface area contributed by atoms with E-state index in [2.05, 4.69) is 0 Å². The molecule has 0 aromatic heterocycles. The smallest absolute Gasteiger partial charge is 0.262 e. The number of carbonyl (C=O) groups excluding carboxylic acids is 2. The summed E-state index contributed by atoms with van der Waals surface area (Å²) in [6, 6.07) is 4.87. The largest absolute Gasteiger partial charge is 0.504 e. The van der Waals surface area contributed by atoms with E-state index in [1.54, 1.807) is 12.1 Å². The van der Waals surface area contributed by atoms with Crippen LogP contribution in [0.3, 0.4) is 0 Å². The fraction of sp³-hybridized carbons (Fsp3) is 0.294. The SMILES string of the molecule is COC1=CC(=O)C2=C(O[C@H](c3ccc(O)c(OC)c3)CC2)C1=O. The highest BCUT2D eigenvalue weighted by molar-refractivity contribution is 6.21. The summed E-state index contributed by atoms with van der Waals surface area (Å²) < 4.78 is 15.8. The minimum Gasteiger partial charge on any atom is -0.504 e. The first-order valence-corrected chi connectivity index (χ1v) is 7.16. The summed E-state index contributed by atoms with van der Waals surface area (Å²) in [5, 5.41) is 9.67. The van der Waals surface area contributed by atoms with E-state index >= 15 is 0 Å². The molecule has 0 unspecified atom stereocenters. The van der Waals surface area contributed by atoms with Gasteiger partial charge in [-0.05, 0) is 30.5 Å². The summed E-state index contributed by atoms with van der Waals surface area (Å²) in [7, 11) is 2.80. The molecule has 0 saturated heterocycles. The third-order valence-electron chi connectivity index (χ3n) is 3.98. The number of rotatable bonds is 3. The Bertz CT molecular complexity index is 743. The van der Waals surface area contributed by atoms with Crippen molar-refractivity contribution in [2.45, 2.75) is 18.9 Å². The van der Waals surface area contributed by atoms with Crippen LogP contribution >= 0.6 is 0 Å². The number of allylic oxidation sites excluding steroid dienone is 2. The number of hydrogen-bond acceptors (Lipinski definition) is 6. The fourth-order valence-corrected chi connectivity index (χ4v) is 2.75. The average Bonchev–Trinajstić information content (AvgIpc) is 2.58. The number of phenols is 1. The molecule has 3 rings (SSSR count). The normalized spacial score (nSPS) is 20.6. The highest BCUT2D eigenvalue weighted by Crippen LogP contribution is 2.39. The van der Waals surface area contributed by atoms with Gasteiger partial charge in [0.2, 0.25) is 0 Å². The summed E-state index contributed by atoms with van der Waals surface area (Å²) in [4.78, 5) is 24.3. The van der Waals surface area contributed by atoms with Gasteiger partial charge in [-0.1, -0.05) is 6.07 Å². The molecular formula is C17H16O6. The lowest BCUT2D eigenvalue weighted by Gasteiger charge is -2.29. The van der Waals surface area contributed by atoms with Crippen molar-refractivity contribution in [3.05, 3.63) is 46.9 Å². The Hall–Kier alpha value is -2.76. The zero-order chi connectivity index (χ0) is 16.6. The summed E-state index contributed by atoms with van der Waals surface area (Å²) in [6.07, 6.45) is 1.81. The number of carbonyl (C=O) groups is 2. The molecule has 1 atom stereocenters. The number of phenolic OH excluding ortho intramolecular Hbond substituents is 1. The van der Waals surface area contributed by atoms with Gasteiger partial charge in [0, 0.05) is 11.6 Å². The minimum atomic E-state index is -0.419. The van der Waals surface area contributed by atoms with Crippen molar-refractivity contribution >= 4 is 11.6 Å². The lowest BCUT2D eigenvalue weighted by atomic mass is 9.90. The number of benzene rings is 1. The van der Waals surface area contributed by atoms with Crippen molar-refractivity contribution in [1.29, 1.82) is 0 Å². The van der Waals surface area contributed by atoms with Crippen LogP contribution in [0.2, 0.25) is 0 Å². The first kappa shape index (κ1) is 15.1. The second-order valence-electron chi connectivity index (χ2n) is 5.29. The van der Waals surface area contributed by atoms with Gasteiger partial charge in [0.15, 0.2) is 28.8 Å². The van der Waals surface area contributed by atoms with Gasteiger partial charge in [0.25, 0.3) is 5.78 Å². The highest BCUT2D eigenvalue weighted by atomic mass is 16.5. The Morgan fingerprint density at radius 3 is 2.70 bits per heavy atom. The Morgan fingerprint density at radius 1 is 1.22 bits per heavy atom. The third kappa shape index (κ3) is 2.56. The number of Topliss-reactive ketones (excluding diaryl/α,β-unsaturated/α-hetero) is 1. The van der Waals surface area contributed by atoms with Crippen LogP contribution in [0.25, 0.3) is 0 Å². The predicted molar refractivity (Wildman–Crippen MR) is 79.9 cm³/mol. The van der Waals surface area contributed by atoms with E-state index in [9.17, 15) is 14.7 Å². The molecule has 120 valence electrons. The molecule has 0 fully saturated rings. The molecule has 6 nitrogen and oxygen atoms in total. The van der Waals surface area contributed by atoms with E-state index < -0.39 is 11.9 Å². The monoisotopic (exact) mass is 316 g/mol. The Kier molecular flexibility index (Phi) is 3.82. The van der Waals surface area contributed by atoms with Crippen molar-refractivity contribution in [3.63, 3.8) is 0 Å². The van der Waals surface area contributed by atoms with Gasteiger partial charge in [0.1, 0.15) is 6.10 Å². The first-order chi connectivity index (χ1) is 11.0. The summed E-state index contributed by atoms with van der Waals surface area (Å²) in [5.41, 5.74) is 1.15. The maximum absolute atomic E-state index is 12.3. The number of methoxy groups -OCH3 is 2. The number of hydrogen-bond donors (Lipinski definition) is 1. The lowest BCUT2D eigenvalue weighted by Crippen LogP contribution is -2.26. The molecule has 0 saturated carbocycles. The number of ether oxygens (including phenoxy) is 3. The van der Waals surface area contributed by atoms with Gasteiger partial charge in [0.05, 0.1) is 14.2 Å². The molecule has 6 heteroatoms. The molecule has 2 aliphatic rings. The lowest BCUT2D eigenvalue weighted by molar-refractivity contribution is -0.123. The molecular weight excluding hydrogens is 300 g/mol. The topological polar surface area (TPSA) is 82.1 Å². The van der Waals surface area contributed by atoms with Gasteiger partial charge in [-0.15, -0.1) is 0 Å². The van der Waals surface area contributed by atoms with Crippen LogP contribution in [0, 0.1) is 0 Å². The first-order valence-electron chi connectivity index (χ1n) is 7.16.